The maximum atomic E-state index is 12.6. The lowest BCUT2D eigenvalue weighted by Gasteiger charge is -2.13. The van der Waals surface area contributed by atoms with E-state index in [0.29, 0.717) is 19.0 Å². The molecule has 1 amide bonds. The first kappa shape index (κ1) is 17.7. The number of nitrogens with zero attached hydrogens (tertiary/aromatic N) is 3. The van der Waals surface area contributed by atoms with Crippen LogP contribution in [0.1, 0.15) is 19.4 Å². The fraction of sp³-hybridized carbons (Fsp3) is 0.250. The van der Waals surface area contributed by atoms with Crippen molar-refractivity contribution in [2.75, 3.05) is 11.9 Å². The lowest BCUT2D eigenvalue weighted by molar-refractivity contribution is -0.119. The number of ether oxygens (including phenoxy) is 1. The van der Waals surface area contributed by atoms with Crippen LogP contribution in [0.5, 0.6) is 5.75 Å². The van der Waals surface area contributed by atoms with Gasteiger partial charge in [0.2, 0.25) is 11.9 Å². The van der Waals surface area contributed by atoms with E-state index in [9.17, 15) is 4.79 Å². The van der Waals surface area contributed by atoms with Gasteiger partial charge in [0.15, 0.2) is 0 Å². The van der Waals surface area contributed by atoms with Gasteiger partial charge in [-0.1, -0.05) is 37.3 Å². The number of amides is 1. The fourth-order valence-electron chi connectivity index (χ4n) is 2.65. The first-order valence-electron chi connectivity index (χ1n) is 8.65. The van der Waals surface area contributed by atoms with Gasteiger partial charge in [0, 0.05) is 5.92 Å². The minimum Gasteiger partial charge on any atom is -0.494 e. The lowest BCUT2D eigenvalue weighted by Crippen LogP contribution is -2.24. The van der Waals surface area contributed by atoms with Crippen molar-refractivity contribution < 1.29 is 9.53 Å². The minimum absolute atomic E-state index is 0.0935. The van der Waals surface area contributed by atoms with Crippen LogP contribution in [0.3, 0.4) is 0 Å². The van der Waals surface area contributed by atoms with Gasteiger partial charge in [-0.05, 0) is 43.2 Å². The van der Waals surface area contributed by atoms with E-state index in [-0.39, 0.29) is 11.8 Å². The molecular weight excluding hydrogens is 328 g/mol. The SMILES string of the molecule is CCOc1ccc(CC(C)C(=O)Nc2ncnn2-c2ccccc2)cc1. The zero-order valence-electron chi connectivity index (χ0n) is 14.9. The number of anilines is 1. The molecule has 1 N–H and O–H groups in total. The molecule has 0 radical (unpaired) electrons. The molecule has 134 valence electrons. The van der Waals surface area contributed by atoms with Gasteiger partial charge in [-0.25, -0.2) is 0 Å². The van der Waals surface area contributed by atoms with Crippen LogP contribution in [-0.2, 0) is 11.2 Å². The number of benzene rings is 2. The lowest BCUT2D eigenvalue weighted by atomic mass is 10.0. The predicted molar refractivity (Wildman–Crippen MR) is 100 cm³/mol. The third kappa shape index (κ3) is 4.27. The smallest absolute Gasteiger partial charge is 0.232 e. The number of carbonyl (C=O) groups is 1. The summed E-state index contributed by atoms with van der Waals surface area (Å²) < 4.78 is 7.05. The van der Waals surface area contributed by atoms with Crippen LogP contribution in [0.4, 0.5) is 5.95 Å². The normalized spacial score (nSPS) is 11.8. The van der Waals surface area contributed by atoms with E-state index in [1.807, 2.05) is 68.4 Å². The molecule has 1 atom stereocenters. The highest BCUT2D eigenvalue weighted by Crippen LogP contribution is 2.17. The zero-order chi connectivity index (χ0) is 18.4. The van der Waals surface area contributed by atoms with Crippen LogP contribution in [0.15, 0.2) is 60.9 Å². The maximum Gasteiger partial charge on any atom is 0.232 e. The van der Waals surface area contributed by atoms with Gasteiger partial charge < -0.3 is 4.74 Å². The second-order valence-corrected chi connectivity index (χ2v) is 6.00. The van der Waals surface area contributed by atoms with E-state index >= 15 is 0 Å². The van der Waals surface area contributed by atoms with E-state index in [1.54, 1.807) is 4.68 Å². The number of para-hydroxylation sites is 1. The van der Waals surface area contributed by atoms with Crippen molar-refractivity contribution in [1.82, 2.24) is 14.8 Å². The Morgan fingerprint density at radius 2 is 1.88 bits per heavy atom. The topological polar surface area (TPSA) is 69.0 Å². The summed E-state index contributed by atoms with van der Waals surface area (Å²) in [5, 5.41) is 7.05. The van der Waals surface area contributed by atoms with Crippen molar-refractivity contribution in [3.05, 3.63) is 66.5 Å². The number of hydrogen-bond donors (Lipinski definition) is 1. The average molecular weight is 350 g/mol. The number of rotatable bonds is 7. The van der Waals surface area contributed by atoms with E-state index in [2.05, 4.69) is 15.4 Å². The Balaban J connectivity index is 1.64. The molecule has 2 aromatic carbocycles. The molecule has 6 heteroatoms. The first-order chi connectivity index (χ1) is 12.7. The molecule has 0 saturated heterocycles. The zero-order valence-corrected chi connectivity index (χ0v) is 14.9. The Morgan fingerprint density at radius 1 is 1.15 bits per heavy atom. The number of nitrogens with one attached hydrogen (secondary N) is 1. The Labute approximate surface area is 152 Å². The highest BCUT2D eigenvalue weighted by Gasteiger charge is 2.17. The molecule has 6 nitrogen and oxygen atoms in total. The molecule has 1 aromatic heterocycles. The average Bonchev–Trinajstić information content (AvgIpc) is 3.12. The van der Waals surface area contributed by atoms with E-state index in [1.165, 1.54) is 6.33 Å². The maximum absolute atomic E-state index is 12.6. The van der Waals surface area contributed by atoms with Crippen molar-refractivity contribution >= 4 is 11.9 Å². The second kappa shape index (κ2) is 8.29. The molecule has 0 bridgehead atoms. The third-order valence-electron chi connectivity index (χ3n) is 4.01. The van der Waals surface area contributed by atoms with Crippen molar-refractivity contribution in [3.63, 3.8) is 0 Å². The van der Waals surface area contributed by atoms with E-state index in [0.717, 1.165) is 17.0 Å². The molecule has 26 heavy (non-hydrogen) atoms. The highest BCUT2D eigenvalue weighted by atomic mass is 16.5. The van der Waals surface area contributed by atoms with Crippen LogP contribution in [0.25, 0.3) is 5.69 Å². The van der Waals surface area contributed by atoms with Crippen LogP contribution in [0, 0.1) is 5.92 Å². The van der Waals surface area contributed by atoms with E-state index in [4.69, 9.17) is 4.74 Å². The molecule has 1 heterocycles. The van der Waals surface area contributed by atoms with Gasteiger partial charge in [-0.2, -0.15) is 14.8 Å². The summed E-state index contributed by atoms with van der Waals surface area (Å²) in [5.41, 5.74) is 1.93. The molecule has 1 unspecified atom stereocenters. The second-order valence-electron chi connectivity index (χ2n) is 6.00. The summed E-state index contributed by atoms with van der Waals surface area (Å²) in [7, 11) is 0. The minimum atomic E-state index is -0.200. The molecular formula is C20H22N4O2. The molecule has 3 aromatic rings. The summed E-state index contributed by atoms with van der Waals surface area (Å²) in [5.74, 6) is 0.960. The van der Waals surface area contributed by atoms with Crippen molar-refractivity contribution in [3.8, 4) is 11.4 Å². The van der Waals surface area contributed by atoms with Gasteiger partial charge in [0.25, 0.3) is 0 Å². The summed E-state index contributed by atoms with van der Waals surface area (Å²) in [6, 6.07) is 17.4. The van der Waals surface area contributed by atoms with Gasteiger partial charge >= 0.3 is 0 Å². The van der Waals surface area contributed by atoms with Crippen molar-refractivity contribution in [1.29, 1.82) is 0 Å². The van der Waals surface area contributed by atoms with Crippen molar-refractivity contribution in [2.24, 2.45) is 5.92 Å². The molecule has 0 spiro atoms. The van der Waals surface area contributed by atoms with Crippen LogP contribution < -0.4 is 10.1 Å². The fourth-order valence-corrected chi connectivity index (χ4v) is 2.65. The predicted octanol–water partition coefficient (Wildman–Crippen LogP) is 3.48. The summed E-state index contributed by atoms with van der Waals surface area (Å²) >= 11 is 0. The Bertz CT molecular complexity index is 844. The Morgan fingerprint density at radius 3 is 2.58 bits per heavy atom. The molecule has 0 aliphatic rings. The Kier molecular flexibility index (Phi) is 5.63. The quantitative estimate of drug-likeness (QED) is 0.708. The largest absolute Gasteiger partial charge is 0.494 e. The molecule has 0 fully saturated rings. The molecule has 3 rings (SSSR count). The van der Waals surface area contributed by atoms with Gasteiger partial charge in [-0.3, -0.25) is 10.1 Å². The van der Waals surface area contributed by atoms with Crippen LogP contribution in [0.2, 0.25) is 0 Å². The highest BCUT2D eigenvalue weighted by molar-refractivity contribution is 5.91. The van der Waals surface area contributed by atoms with Gasteiger partial charge in [-0.15, -0.1) is 0 Å². The first-order valence-corrected chi connectivity index (χ1v) is 8.65. The summed E-state index contributed by atoms with van der Waals surface area (Å²) in [6.07, 6.45) is 2.07. The van der Waals surface area contributed by atoms with Gasteiger partial charge in [0.05, 0.1) is 12.3 Å². The van der Waals surface area contributed by atoms with Crippen LogP contribution in [-0.4, -0.2) is 27.3 Å². The van der Waals surface area contributed by atoms with Crippen molar-refractivity contribution in [2.45, 2.75) is 20.3 Å². The summed E-state index contributed by atoms with van der Waals surface area (Å²) in [4.78, 5) is 16.7. The summed E-state index contributed by atoms with van der Waals surface area (Å²) in [6.45, 7) is 4.49. The van der Waals surface area contributed by atoms with E-state index < -0.39 is 0 Å². The van der Waals surface area contributed by atoms with Crippen LogP contribution >= 0.6 is 0 Å². The third-order valence-corrected chi connectivity index (χ3v) is 4.01. The molecule has 0 saturated carbocycles. The standard InChI is InChI=1S/C20H22N4O2/c1-3-26-18-11-9-16(10-12-18)13-15(2)19(25)23-20-21-14-22-24(20)17-7-5-4-6-8-17/h4-12,14-15H,3,13H2,1-2H3,(H,21,22,23,25). The Hall–Kier alpha value is -3.15. The number of carbonyl (C=O) groups excluding carboxylic acids is 1. The number of aromatic nitrogens is 3. The molecule has 0 aliphatic carbocycles. The monoisotopic (exact) mass is 350 g/mol. The molecule has 0 aliphatic heterocycles. The number of hydrogen-bond acceptors (Lipinski definition) is 4. The van der Waals surface area contributed by atoms with Gasteiger partial charge in [0.1, 0.15) is 12.1 Å².